The number of rotatable bonds is 7. The molecule has 222 valence electrons. The number of methoxy groups -OCH3 is 1. The second-order valence-electron chi connectivity index (χ2n) is 12.1. The number of benzene rings is 1. The Labute approximate surface area is 248 Å². The summed E-state index contributed by atoms with van der Waals surface area (Å²) in [7, 11) is 6.09. The quantitative estimate of drug-likeness (QED) is 0.371. The summed E-state index contributed by atoms with van der Waals surface area (Å²) in [4.78, 5) is 35.1. The number of aromatic nitrogens is 2. The highest BCUT2D eigenvalue weighted by Gasteiger charge is 2.48. The summed E-state index contributed by atoms with van der Waals surface area (Å²) < 4.78 is 12.1. The molecule has 10 heteroatoms. The first-order valence-corrected chi connectivity index (χ1v) is 15.0. The van der Waals surface area contributed by atoms with E-state index in [1.807, 2.05) is 0 Å². The number of piperazine rings is 1. The van der Waals surface area contributed by atoms with Crippen LogP contribution in [0.2, 0.25) is 0 Å². The number of amides is 1. The molecule has 1 unspecified atom stereocenters. The zero-order valence-corrected chi connectivity index (χ0v) is 25.0. The van der Waals surface area contributed by atoms with Gasteiger partial charge in [-0.05, 0) is 69.6 Å². The molecule has 2 fully saturated rings. The Morgan fingerprint density at radius 1 is 1.21 bits per heavy atom. The van der Waals surface area contributed by atoms with Crippen molar-refractivity contribution in [1.29, 1.82) is 0 Å². The predicted octanol–water partition coefficient (Wildman–Crippen LogP) is 2.91. The molecule has 0 bridgehead atoms. The molecule has 1 aromatic heterocycles. The van der Waals surface area contributed by atoms with E-state index in [1.165, 1.54) is 23.6 Å². The molecular weight excluding hydrogens is 530 g/mol. The molecule has 1 spiro atoms. The second kappa shape index (κ2) is 11.5. The molecule has 3 atom stereocenters. The monoisotopic (exact) mass is 571 g/mol. The van der Waals surface area contributed by atoms with Crippen molar-refractivity contribution < 1.29 is 14.3 Å². The van der Waals surface area contributed by atoms with Crippen LogP contribution in [0.25, 0.3) is 4.85 Å². The molecule has 1 aromatic carbocycles. The minimum absolute atomic E-state index is 0.130. The average Bonchev–Trinajstić information content (AvgIpc) is 3.59. The third-order valence-corrected chi connectivity index (χ3v) is 9.90. The van der Waals surface area contributed by atoms with Crippen LogP contribution in [0.1, 0.15) is 41.6 Å². The van der Waals surface area contributed by atoms with Gasteiger partial charge in [0.05, 0.1) is 18.3 Å². The van der Waals surface area contributed by atoms with Crippen molar-refractivity contribution in [3.63, 3.8) is 0 Å². The smallest absolute Gasteiger partial charge is 0.318 e. The van der Waals surface area contributed by atoms with E-state index < -0.39 is 0 Å². The number of hydrogen-bond acceptors (Lipinski definition) is 8. The number of carbonyl (C=O) groups is 1. The first-order chi connectivity index (χ1) is 20.4. The van der Waals surface area contributed by atoms with Gasteiger partial charge in [-0.15, -0.1) is 0 Å². The summed E-state index contributed by atoms with van der Waals surface area (Å²) in [5, 5.41) is 0. The fourth-order valence-corrected chi connectivity index (χ4v) is 7.50. The third kappa shape index (κ3) is 4.88. The lowest BCUT2D eigenvalue weighted by Crippen LogP contribution is -2.56. The number of fused-ring (bicyclic) bond motifs is 3. The molecule has 4 heterocycles. The van der Waals surface area contributed by atoms with Crippen LogP contribution < -0.4 is 14.4 Å². The summed E-state index contributed by atoms with van der Waals surface area (Å²) in [5.74, 6) is 1.69. The lowest BCUT2D eigenvalue weighted by Gasteiger charge is -2.46. The van der Waals surface area contributed by atoms with Gasteiger partial charge in [-0.1, -0.05) is 18.7 Å². The summed E-state index contributed by atoms with van der Waals surface area (Å²) in [6, 6.07) is 6.93. The number of nitrogens with zero attached hydrogens (tertiary/aromatic N) is 7. The first kappa shape index (κ1) is 28.4. The van der Waals surface area contributed by atoms with E-state index in [4.69, 9.17) is 26.0 Å². The number of carbonyl (C=O) groups excluding carboxylic acids is 1. The Hall–Kier alpha value is -3.68. The molecule has 2 aromatic rings. The van der Waals surface area contributed by atoms with Gasteiger partial charge < -0.3 is 29.0 Å². The van der Waals surface area contributed by atoms with Gasteiger partial charge in [0.15, 0.2) is 0 Å². The highest BCUT2D eigenvalue weighted by molar-refractivity contribution is 5.87. The molecule has 42 heavy (non-hydrogen) atoms. The molecule has 3 aliphatic heterocycles. The standard InChI is InChI=1S/C32H41N7O3/c1-6-29(40)39-16-15-38(19-23(39)18-33-2)30-25-20-37(4)32(13-12-24-26(32)10-7-11-28(24)41-5)17-27(25)34-31(35-30)42-21-22-9-8-14-36(22)3/h6-7,10-11,22-23H,1,8-9,12-21H2,3-5H3/t22-,23-,32?/m0/s1. The van der Waals surface area contributed by atoms with Crippen LogP contribution in [0.4, 0.5) is 5.82 Å². The van der Waals surface area contributed by atoms with Gasteiger partial charge in [0.2, 0.25) is 12.5 Å². The summed E-state index contributed by atoms with van der Waals surface area (Å²) in [5.41, 5.74) is 4.56. The molecule has 0 radical (unpaired) electrons. The highest BCUT2D eigenvalue weighted by Crippen LogP contribution is 2.50. The molecule has 4 aliphatic rings. The normalized spacial score (nSPS) is 25.7. The second-order valence-corrected chi connectivity index (χ2v) is 12.1. The highest BCUT2D eigenvalue weighted by atomic mass is 16.5. The van der Waals surface area contributed by atoms with Gasteiger partial charge in [-0.2, -0.15) is 9.97 Å². The lowest BCUT2D eigenvalue weighted by atomic mass is 9.81. The van der Waals surface area contributed by atoms with Crippen LogP contribution in [0.3, 0.4) is 0 Å². The number of anilines is 1. The molecule has 0 saturated carbocycles. The van der Waals surface area contributed by atoms with E-state index in [2.05, 4.69) is 58.4 Å². The van der Waals surface area contributed by atoms with Crippen LogP contribution in [0.5, 0.6) is 11.8 Å². The Bertz CT molecular complexity index is 1410. The van der Waals surface area contributed by atoms with Gasteiger partial charge >= 0.3 is 6.01 Å². The average molecular weight is 572 g/mol. The molecule has 6 rings (SSSR count). The summed E-state index contributed by atoms with van der Waals surface area (Å²) in [6.45, 7) is 15.4. The minimum Gasteiger partial charge on any atom is -0.496 e. The van der Waals surface area contributed by atoms with Crippen molar-refractivity contribution in [2.45, 2.75) is 56.3 Å². The SMILES string of the molecule is [C-]#[N+]C[C@H]1CN(c2nc(OC[C@@H]3CCCN3C)nc3c2CN(C)C2(CCc4c(OC)cccc42)C3)CCN1C(=O)C=C. The zero-order valence-electron chi connectivity index (χ0n) is 25.0. The van der Waals surface area contributed by atoms with E-state index in [-0.39, 0.29) is 24.0 Å². The van der Waals surface area contributed by atoms with Crippen LogP contribution in [0.15, 0.2) is 30.9 Å². The van der Waals surface area contributed by atoms with Crippen molar-refractivity contribution in [1.82, 2.24) is 24.7 Å². The maximum atomic E-state index is 12.6. The van der Waals surface area contributed by atoms with Gasteiger partial charge in [0.1, 0.15) is 24.2 Å². The first-order valence-electron chi connectivity index (χ1n) is 15.0. The summed E-state index contributed by atoms with van der Waals surface area (Å²) >= 11 is 0. The van der Waals surface area contributed by atoms with Crippen molar-refractivity contribution in [2.75, 3.05) is 65.4 Å². The molecule has 1 aliphatic carbocycles. The molecule has 2 saturated heterocycles. The van der Waals surface area contributed by atoms with Gasteiger partial charge in [0.25, 0.3) is 0 Å². The molecule has 10 nitrogen and oxygen atoms in total. The Kier molecular flexibility index (Phi) is 7.81. The van der Waals surface area contributed by atoms with Crippen molar-refractivity contribution in [2.24, 2.45) is 0 Å². The lowest BCUT2D eigenvalue weighted by molar-refractivity contribution is -0.128. The third-order valence-electron chi connectivity index (χ3n) is 9.90. The predicted molar refractivity (Wildman–Crippen MR) is 161 cm³/mol. The van der Waals surface area contributed by atoms with E-state index in [1.54, 1.807) is 12.0 Å². The summed E-state index contributed by atoms with van der Waals surface area (Å²) in [6.07, 6.45) is 6.35. The van der Waals surface area contributed by atoms with Crippen molar-refractivity contribution in [3.05, 3.63) is 64.7 Å². The fourth-order valence-electron chi connectivity index (χ4n) is 7.50. The number of likely N-dealkylation sites (N-methyl/N-ethyl adjacent to an activating group) is 2. The molecule has 0 N–H and O–H groups in total. The van der Waals surface area contributed by atoms with E-state index in [9.17, 15) is 4.79 Å². The largest absolute Gasteiger partial charge is 0.496 e. The zero-order chi connectivity index (χ0) is 29.4. The number of hydrogen-bond donors (Lipinski definition) is 0. The van der Waals surface area contributed by atoms with E-state index >= 15 is 0 Å². The minimum atomic E-state index is -0.231. The number of ether oxygens (including phenoxy) is 2. The Morgan fingerprint density at radius 3 is 2.81 bits per heavy atom. The maximum Gasteiger partial charge on any atom is 0.318 e. The van der Waals surface area contributed by atoms with Crippen LogP contribution in [0, 0.1) is 6.57 Å². The van der Waals surface area contributed by atoms with Crippen LogP contribution in [-0.2, 0) is 29.7 Å². The van der Waals surface area contributed by atoms with Gasteiger partial charge in [-0.3, -0.25) is 9.69 Å². The number of likely N-dealkylation sites (tertiary alicyclic amines) is 1. The molecule has 1 amide bonds. The van der Waals surface area contributed by atoms with Crippen molar-refractivity contribution in [3.8, 4) is 11.8 Å². The molecular formula is C32H41N7O3. The Morgan fingerprint density at radius 2 is 2.07 bits per heavy atom. The van der Waals surface area contributed by atoms with Gasteiger partial charge in [-0.25, -0.2) is 6.57 Å². The fraction of sp³-hybridized carbons (Fsp3) is 0.562. The van der Waals surface area contributed by atoms with E-state index in [0.717, 1.165) is 55.1 Å². The Balaban J connectivity index is 1.37. The maximum absolute atomic E-state index is 12.6. The van der Waals surface area contributed by atoms with Crippen LogP contribution in [-0.4, -0.2) is 103 Å². The van der Waals surface area contributed by atoms with Crippen LogP contribution >= 0.6 is 0 Å². The van der Waals surface area contributed by atoms with Gasteiger partial charge in [0, 0.05) is 44.2 Å². The topological polar surface area (TPSA) is 78.6 Å². The van der Waals surface area contributed by atoms with Crippen molar-refractivity contribution >= 4 is 11.7 Å². The van der Waals surface area contributed by atoms with E-state index in [0.29, 0.717) is 44.8 Å².